The molecule has 6 nitrogen and oxygen atoms in total. The number of carbonyl (C=O) groups excluding carboxylic acids is 3. The Morgan fingerprint density at radius 2 is 1.97 bits per heavy atom. The average molecular weight is 512 g/mol. The number of amides is 3. The number of aryl methyl sites for hydroxylation is 1. The first kappa shape index (κ1) is 25.3. The lowest BCUT2D eigenvalue weighted by Gasteiger charge is -2.47. The number of nitrogens with one attached hydrogen (secondary N) is 1. The van der Waals surface area contributed by atoms with Crippen LogP contribution < -0.4 is 10.2 Å². The van der Waals surface area contributed by atoms with Gasteiger partial charge in [0.25, 0.3) is 11.1 Å². The number of rotatable bonds is 5. The van der Waals surface area contributed by atoms with Crippen molar-refractivity contribution in [3.63, 3.8) is 0 Å². The maximum absolute atomic E-state index is 13.0. The number of carbonyl (C=O) groups is 3. The number of nitrogens with zero attached hydrogens (tertiary/aromatic N) is 2. The Morgan fingerprint density at radius 3 is 2.66 bits per heavy atom. The summed E-state index contributed by atoms with van der Waals surface area (Å²) in [5, 5.41) is 2.82. The minimum absolute atomic E-state index is 0.0214. The first-order valence-electron chi connectivity index (χ1n) is 11.7. The largest absolute Gasteiger partial charge is 0.366 e. The third-order valence-corrected chi connectivity index (χ3v) is 7.94. The molecule has 2 aliphatic heterocycles. The summed E-state index contributed by atoms with van der Waals surface area (Å²) >= 11 is 7.49. The second-order valence-corrected chi connectivity index (χ2v) is 11.1. The van der Waals surface area contributed by atoms with Crippen molar-refractivity contribution in [3.8, 4) is 0 Å². The van der Waals surface area contributed by atoms with Crippen LogP contribution in [-0.4, -0.2) is 40.6 Å². The van der Waals surface area contributed by atoms with Crippen LogP contribution in [0, 0.1) is 6.92 Å². The number of para-hydroxylation sites is 1. The quantitative estimate of drug-likeness (QED) is 0.468. The number of benzene rings is 2. The predicted molar refractivity (Wildman–Crippen MR) is 144 cm³/mol. The van der Waals surface area contributed by atoms with Crippen molar-refractivity contribution in [1.82, 2.24) is 4.90 Å². The van der Waals surface area contributed by atoms with E-state index < -0.39 is 17.1 Å². The highest BCUT2D eigenvalue weighted by molar-refractivity contribution is 8.18. The van der Waals surface area contributed by atoms with E-state index in [9.17, 15) is 14.4 Å². The zero-order valence-electron chi connectivity index (χ0n) is 20.6. The van der Waals surface area contributed by atoms with Crippen LogP contribution in [0.3, 0.4) is 0 Å². The van der Waals surface area contributed by atoms with E-state index in [-0.39, 0.29) is 17.0 Å². The maximum Gasteiger partial charge on any atom is 0.294 e. The Kier molecular flexibility index (Phi) is 7.02. The number of imide groups is 1. The smallest absolute Gasteiger partial charge is 0.294 e. The topological polar surface area (TPSA) is 69.7 Å². The molecule has 2 aromatic carbocycles. The van der Waals surface area contributed by atoms with Gasteiger partial charge in [0.15, 0.2) is 0 Å². The molecule has 0 bridgehead atoms. The molecule has 1 N–H and O–H groups in total. The van der Waals surface area contributed by atoms with Gasteiger partial charge in [-0.15, -0.1) is 0 Å². The Balaban J connectivity index is 1.56. The Hall–Kier alpha value is -2.77. The van der Waals surface area contributed by atoms with Gasteiger partial charge in [0.2, 0.25) is 5.91 Å². The molecule has 0 radical (unpaired) electrons. The normalized spacial score (nSPS) is 20.4. The lowest BCUT2D eigenvalue weighted by molar-refractivity contribution is -0.127. The number of fused-ring (bicyclic) bond motifs is 1. The summed E-state index contributed by atoms with van der Waals surface area (Å²) in [5.74, 6) is -0.587. The van der Waals surface area contributed by atoms with E-state index >= 15 is 0 Å². The number of anilines is 2. The summed E-state index contributed by atoms with van der Waals surface area (Å²) in [6.07, 6.45) is 2.66. The van der Waals surface area contributed by atoms with Crippen molar-refractivity contribution >= 4 is 57.9 Å². The van der Waals surface area contributed by atoms with E-state index in [0.717, 1.165) is 40.9 Å². The third kappa shape index (κ3) is 4.98. The average Bonchev–Trinajstić information content (AvgIpc) is 3.03. The number of hydrogen-bond donors (Lipinski definition) is 1. The van der Waals surface area contributed by atoms with Crippen LogP contribution in [0.15, 0.2) is 41.3 Å². The summed E-state index contributed by atoms with van der Waals surface area (Å²) < 4.78 is 0. The van der Waals surface area contributed by atoms with Gasteiger partial charge in [-0.3, -0.25) is 19.3 Å². The van der Waals surface area contributed by atoms with Crippen molar-refractivity contribution in [2.24, 2.45) is 0 Å². The van der Waals surface area contributed by atoms with Crippen molar-refractivity contribution < 1.29 is 14.4 Å². The summed E-state index contributed by atoms with van der Waals surface area (Å²) in [7, 11) is 0. The van der Waals surface area contributed by atoms with Crippen molar-refractivity contribution in [2.45, 2.75) is 52.5 Å². The summed E-state index contributed by atoms with van der Waals surface area (Å²) in [5.41, 5.74) is 4.56. The molecule has 4 rings (SSSR count). The van der Waals surface area contributed by atoms with Gasteiger partial charge in [-0.2, -0.15) is 0 Å². The zero-order valence-corrected chi connectivity index (χ0v) is 22.2. The molecule has 2 aromatic rings. The minimum Gasteiger partial charge on any atom is -0.366 e. The van der Waals surface area contributed by atoms with Crippen molar-refractivity contribution in [1.29, 1.82) is 0 Å². The molecule has 2 heterocycles. The first-order valence-corrected chi connectivity index (χ1v) is 12.9. The molecule has 0 spiro atoms. The SMILES string of the molecule is CCN1c2cc(Cl)c(/C=C3/SC(=O)N(CC(=O)Nc4ccccc4C)C3=O)cc2C(C)CC1(C)C. The van der Waals surface area contributed by atoms with Gasteiger partial charge in [0, 0.05) is 28.5 Å². The number of thioether (sulfide) groups is 1. The Labute approximate surface area is 215 Å². The molecular weight excluding hydrogens is 482 g/mol. The zero-order chi connectivity index (χ0) is 25.5. The molecule has 1 fully saturated rings. The van der Waals surface area contributed by atoms with Gasteiger partial charge in [0.05, 0.1) is 4.91 Å². The summed E-state index contributed by atoms with van der Waals surface area (Å²) in [6, 6.07) is 11.3. The number of halogens is 1. The molecule has 1 unspecified atom stereocenters. The second kappa shape index (κ2) is 9.70. The van der Waals surface area contributed by atoms with E-state index in [0.29, 0.717) is 22.2 Å². The van der Waals surface area contributed by atoms with E-state index in [1.54, 1.807) is 12.1 Å². The molecule has 3 amide bonds. The number of hydrogen-bond acceptors (Lipinski definition) is 5. The standard InChI is InChI=1S/C27H30ClN3O3S/c1-6-31-22-13-20(28)18(11-19(22)17(3)14-27(31,4)5)12-23-25(33)30(26(34)35-23)15-24(32)29-21-10-8-7-9-16(21)2/h7-13,17H,6,14-15H2,1-5H3,(H,29,32)/b23-12+. The van der Waals surface area contributed by atoms with Gasteiger partial charge in [-0.25, -0.2) is 0 Å². The molecular formula is C27H30ClN3O3S. The maximum atomic E-state index is 13.0. The Bertz CT molecular complexity index is 1240. The summed E-state index contributed by atoms with van der Waals surface area (Å²) in [6.45, 7) is 11.2. The van der Waals surface area contributed by atoms with E-state index in [1.165, 1.54) is 5.56 Å². The van der Waals surface area contributed by atoms with Gasteiger partial charge >= 0.3 is 0 Å². The van der Waals surface area contributed by atoms with Crippen LogP contribution in [0.2, 0.25) is 5.02 Å². The van der Waals surface area contributed by atoms with Crippen LogP contribution in [0.4, 0.5) is 16.2 Å². The molecule has 1 saturated heterocycles. The molecule has 1 atom stereocenters. The fourth-order valence-corrected chi connectivity index (χ4v) is 6.10. The molecule has 8 heteroatoms. The van der Waals surface area contributed by atoms with Crippen LogP contribution in [0.1, 0.15) is 56.7 Å². The van der Waals surface area contributed by atoms with Gasteiger partial charge in [0.1, 0.15) is 6.54 Å². The van der Waals surface area contributed by atoms with Crippen molar-refractivity contribution in [3.05, 3.63) is 63.0 Å². The van der Waals surface area contributed by atoms with Crippen molar-refractivity contribution in [2.75, 3.05) is 23.3 Å². The van der Waals surface area contributed by atoms with Gasteiger partial charge in [-0.05, 0) is 92.8 Å². The Morgan fingerprint density at radius 1 is 1.26 bits per heavy atom. The van der Waals surface area contributed by atoms with Gasteiger partial charge < -0.3 is 10.2 Å². The highest BCUT2D eigenvalue weighted by Crippen LogP contribution is 2.45. The molecule has 35 heavy (non-hydrogen) atoms. The van der Waals surface area contributed by atoms with Crippen LogP contribution in [0.25, 0.3) is 6.08 Å². The first-order chi connectivity index (χ1) is 16.5. The third-order valence-electron chi connectivity index (χ3n) is 6.70. The lowest BCUT2D eigenvalue weighted by atomic mass is 9.79. The molecule has 2 aliphatic rings. The predicted octanol–water partition coefficient (Wildman–Crippen LogP) is 6.44. The van der Waals surface area contributed by atoms with E-state index in [1.807, 2.05) is 37.3 Å². The molecule has 0 aliphatic carbocycles. The van der Waals surface area contributed by atoms with Gasteiger partial charge in [-0.1, -0.05) is 36.7 Å². The second-order valence-electron chi connectivity index (χ2n) is 9.73. The summed E-state index contributed by atoms with van der Waals surface area (Å²) in [4.78, 5) is 41.7. The van der Waals surface area contributed by atoms with Crippen LogP contribution in [-0.2, 0) is 9.59 Å². The highest BCUT2D eigenvalue weighted by Gasteiger charge is 2.38. The minimum atomic E-state index is -0.488. The molecule has 184 valence electrons. The molecule has 0 saturated carbocycles. The fourth-order valence-electron chi connectivity index (χ4n) is 5.05. The van der Waals surface area contributed by atoms with E-state index in [2.05, 4.69) is 37.9 Å². The van der Waals surface area contributed by atoms with E-state index in [4.69, 9.17) is 11.6 Å². The lowest BCUT2D eigenvalue weighted by Crippen LogP contribution is -2.48. The monoisotopic (exact) mass is 511 g/mol. The fraction of sp³-hybridized carbons (Fsp3) is 0.370. The van der Waals surface area contributed by atoms with Crippen LogP contribution in [0.5, 0.6) is 0 Å². The highest BCUT2D eigenvalue weighted by atomic mass is 35.5. The molecule has 0 aromatic heterocycles. The van der Waals surface area contributed by atoms with Crippen LogP contribution >= 0.6 is 23.4 Å².